The van der Waals surface area contributed by atoms with Crippen molar-refractivity contribution in [3.8, 4) is 0 Å². The Labute approximate surface area is 249 Å². The maximum atomic E-state index is 14.3. The Morgan fingerprint density at radius 3 is 2.70 bits per heavy atom. The number of carbonyl (C=O) groups is 2. The second-order valence-electron chi connectivity index (χ2n) is 12.4. The lowest BCUT2D eigenvalue weighted by Crippen LogP contribution is -2.48. The zero-order valence-corrected chi connectivity index (χ0v) is 24.8. The summed E-state index contributed by atoms with van der Waals surface area (Å²) in [6.45, 7) is 5.27. The van der Waals surface area contributed by atoms with Gasteiger partial charge in [-0.15, -0.1) is 0 Å². The molecule has 2 aliphatic heterocycles. The van der Waals surface area contributed by atoms with Gasteiger partial charge in [-0.05, 0) is 50.5 Å². The van der Waals surface area contributed by atoms with E-state index in [9.17, 15) is 18.4 Å². The van der Waals surface area contributed by atoms with Crippen LogP contribution >= 0.6 is 0 Å². The first kappa shape index (κ1) is 29.6. The van der Waals surface area contributed by atoms with Crippen LogP contribution in [0.4, 0.5) is 8.78 Å². The van der Waals surface area contributed by atoms with Gasteiger partial charge >= 0.3 is 0 Å². The summed E-state index contributed by atoms with van der Waals surface area (Å²) in [6.07, 6.45) is 8.45. The van der Waals surface area contributed by atoms with Crippen LogP contribution in [0.5, 0.6) is 0 Å². The molecule has 0 bridgehead atoms. The fourth-order valence-corrected chi connectivity index (χ4v) is 6.80. The van der Waals surface area contributed by atoms with Gasteiger partial charge in [0.25, 0.3) is 17.6 Å². The first-order valence-electron chi connectivity index (χ1n) is 15.5. The number of rotatable bonds is 8. The number of aromatic nitrogens is 6. The quantitative estimate of drug-likeness (QED) is 0.403. The molecule has 2 amide bonds. The number of ether oxygens (including phenoxy) is 1. The molecule has 0 aromatic carbocycles. The summed E-state index contributed by atoms with van der Waals surface area (Å²) in [5, 5.41) is 14.7. The molecule has 2 saturated heterocycles. The number of carbonyl (C=O) groups excluding carboxylic acids is 2. The molecule has 43 heavy (non-hydrogen) atoms. The van der Waals surface area contributed by atoms with Crippen molar-refractivity contribution >= 4 is 17.6 Å². The van der Waals surface area contributed by atoms with Gasteiger partial charge in [-0.2, -0.15) is 10.2 Å². The Balaban J connectivity index is 1.36. The molecule has 232 valence electrons. The van der Waals surface area contributed by atoms with Gasteiger partial charge in [0.15, 0.2) is 0 Å². The molecule has 2 atom stereocenters. The molecule has 5 heterocycles. The van der Waals surface area contributed by atoms with E-state index in [1.165, 1.54) is 0 Å². The second-order valence-corrected chi connectivity index (χ2v) is 12.4. The Hall–Kier alpha value is -3.48. The highest BCUT2D eigenvalue weighted by Gasteiger charge is 2.41. The number of fused-ring (bicyclic) bond motifs is 1. The van der Waals surface area contributed by atoms with Gasteiger partial charge in [-0.25, -0.2) is 23.3 Å². The minimum atomic E-state index is -2.97. The van der Waals surface area contributed by atoms with Crippen LogP contribution in [0.25, 0.3) is 5.78 Å². The van der Waals surface area contributed by atoms with E-state index in [-0.39, 0.29) is 30.2 Å². The fraction of sp³-hybridized carbons (Fsp3) is 0.667. The number of nitrogens with one attached hydrogen (secondary N) is 2. The van der Waals surface area contributed by atoms with Crippen LogP contribution in [0.15, 0.2) is 18.5 Å². The van der Waals surface area contributed by atoms with Crippen molar-refractivity contribution in [2.24, 2.45) is 17.8 Å². The Morgan fingerprint density at radius 1 is 1.19 bits per heavy atom. The van der Waals surface area contributed by atoms with Gasteiger partial charge in [0.05, 0.1) is 35.9 Å². The number of nitrogens with zero attached hydrogens (tertiary/aromatic N) is 6. The van der Waals surface area contributed by atoms with Gasteiger partial charge in [0.2, 0.25) is 5.91 Å². The van der Waals surface area contributed by atoms with Crippen molar-refractivity contribution in [3.05, 3.63) is 41.2 Å². The average molecular weight is 599 g/mol. The predicted octanol–water partition coefficient (Wildman–Crippen LogP) is 3.85. The largest absolute Gasteiger partial charge is 0.381 e. The third-order valence-corrected chi connectivity index (χ3v) is 9.30. The Kier molecular flexibility index (Phi) is 8.43. The highest BCUT2D eigenvalue weighted by Crippen LogP contribution is 2.37. The monoisotopic (exact) mass is 598 g/mol. The summed E-state index contributed by atoms with van der Waals surface area (Å²) in [5.41, 5.74) is 2.37. The molecule has 3 aromatic heterocycles. The summed E-state index contributed by atoms with van der Waals surface area (Å²) in [6, 6.07) is 1.35. The molecule has 6 rings (SSSR count). The predicted molar refractivity (Wildman–Crippen MR) is 153 cm³/mol. The molecule has 3 fully saturated rings. The van der Waals surface area contributed by atoms with E-state index >= 15 is 0 Å². The van der Waals surface area contributed by atoms with Gasteiger partial charge < -0.3 is 15.4 Å². The SMILES string of the molecule is CCn1nccc1C(=O)N[C@H](c1cn2nc(C[C@@H]3CC(F)(F)CNC3=O)c(C3CCOCC3)nc2n1)C1CCC(C)CC1. The molecule has 0 unspecified atom stereocenters. The van der Waals surface area contributed by atoms with Crippen LogP contribution in [0, 0.1) is 17.8 Å². The summed E-state index contributed by atoms with van der Waals surface area (Å²) in [7, 11) is 0. The molecular formula is C30H40F2N8O3. The number of piperidine rings is 1. The number of hydrogen-bond donors (Lipinski definition) is 2. The van der Waals surface area contributed by atoms with Crippen molar-refractivity contribution in [2.45, 2.75) is 89.6 Å². The lowest BCUT2D eigenvalue weighted by Gasteiger charge is -2.32. The Bertz CT molecular complexity index is 1460. The molecule has 1 saturated carbocycles. The fourth-order valence-electron chi connectivity index (χ4n) is 6.80. The number of imidazole rings is 1. The molecule has 11 nitrogen and oxygen atoms in total. The molecule has 0 spiro atoms. The zero-order chi connectivity index (χ0) is 30.1. The maximum Gasteiger partial charge on any atom is 0.270 e. The summed E-state index contributed by atoms with van der Waals surface area (Å²) in [4.78, 5) is 35.9. The topological polar surface area (TPSA) is 128 Å². The second kappa shape index (κ2) is 12.3. The number of hydrogen-bond acceptors (Lipinski definition) is 7. The first-order chi connectivity index (χ1) is 20.7. The molecule has 3 aliphatic rings. The summed E-state index contributed by atoms with van der Waals surface area (Å²) < 4.78 is 37.3. The van der Waals surface area contributed by atoms with E-state index in [0.717, 1.165) is 38.5 Å². The third-order valence-electron chi connectivity index (χ3n) is 9.30. The molecular weight excluding hydrogens is 558 g/mol. The van der Waals surface area contributed by atoms with Crippen LogP contribution in [0.3, 0.4) is 0 Å². The van der Waals surface area contributed by atoms with Crippen molar-refractivity contribution < 1.29 is 23.1 Å². The summed E-state index contributed by atoms with van der Waals surface area (Å²) >= 11 is 0. The van der Waals surface area contributed by atoms with Gasteiger partial charge in [-0.1, -0.05) is 19.8 Å². The van der Waals surface area contributed by atoms with E-state index in [0.29, 0.717) is 54.2 Å². The van der Waals surface area contributed by atoms with Crippen LogP contribution < -0.4 is 10.6 Å². The number of halogens is 2. The van der Waals surface area contributed by atoms with Crippen molar-refractivity contribution in [2.75, 3.05) is 19.8 Å². The normalized spacial score (nSPS) is 25.4. The average Bonchev–Trinajstić information content (AvgIpc) is 3.65. The van der Waals surface area contributed by atoms with Crippen molar-refractivity contribution in [1.29, 1.82) is 0 Å². The molecule has 13 heteroatoms. The van der Waals surface area contributed by atoms with Gasteiger partial charge in [0.1, 0.15) is 5.69 Å². The molecule has 1 aliphatic carbocycles. The number of aryl methyl sites for hydroxylation is 1. The van der Waals surface area contributed by atoms with Crippen molar-refractivity contribution in [1.82, 2.24) is 40.0 Å². The lowest BCUT2D eigenvalue weighted by atomic mass is 9.78. The van der Waals surface area contributed by atoms with Crippen LogP contribution in [0.1, 0.15) is 98.3 Å². The molecule has 2 N–H and O–H groups in total. The standard InChI is InChI=1S/C30H40F2N8O3/c1-3-39-24(8-11-34-39)28(42)36-26(19-6-4-18(2)5-7-19)23-16-40-29(35-23)37-25(20-9-12-43-13-10-20)22(38-40)14-21-15-30(31,32)17-33-27(21)41/h8,11,16,18-21,26H,3-7,9-10,12-15,17H2,1-2H3,(H,33,41)(H,36,42)/t18?,19?,21-,26+/m1/s1. The van der Waals surface area contributed by atoms with E-state index in [1.807, 2.05) is 6.92 Å². The Morgan fingerprint density at radius 2 is 1.95 bits per heavy atom. The van der Waals surface area contributed by atoms with Gasteiger partial charge in [-0.3, -0.25) is 14.3 Å². The molecule has 3 aromatic rings. The number of alkyl halides is 2. The van der Waals surface area contributed by atoms with Crippen LogP contribution in [0.2, 0.25) is 0 Å². The maximum absolute atomic E-state index is 14.3. The van der Waals surface area contributed by atoms with E-state index in [1.54, 1.807) is 27.7 Å². The lowest BCUT2D eigenvalue weighted by molar-refractivity contribution is -0.136. The summed E-state index contributed by atoms with van der Waals surface area (Å²) in [5.74, 6) is -3.24. The van der Waals surface area contributed by atoms with E-state index in [2.05, 4.69) is 22.7 Å². The van der Waals surface area contributed by atoms with Gasteiger partial charge in [0, 0.05) is 50.6 Å². The highest BCUT2D eigenvalue weighted by atomic mass is 19.3. The minimum Gasteiger partial charge on any atom is -0.381 e. The van der Waals surface area contributed by atoms with Crippen LogP contribution in [-0.2, 0) is 22.5 Å². The first-order valence-corrected chi connectivity index (χ1v) is 15.5. The van der Waals surface area contributed by atoms with Crippen LogP contribution in [-0.4, -0.2) is 66.9 Å². The number of amides is 2. The molecule has 0 radical (unpaired) electrons. The smallest absolute Gasteiger partial charge is 0.270 e. The van der Waals surface area contributed by atoms with E-state index in [4.69, 9.17) is 19.8 Å². The third kappa shape index (κ3) is 6.41. The van der Waals surface area contributed by atoms with E-state index < -0.39 is 30.7 Å². The minimum absolute atomic E-state index is 0.0261. The van der Waals surface area contributed by atoms with Crippen molar-refractivity contribution in [3.63, 3.8) is 0 Å². The highest BCUT2D eigenvalue weighted by molar-refractivity contribution is 5.92. The zero-order valence-electron chi connectivity index (χ0n) is 24.8.